The van der Waals surface area contributed by atoms with Gasteiger partial charge in [0.1, 0.15) is 0 Å². The first-order chi connectivity index (χ1) is 7.78. The van der Waals surface area contributed by atoms with Gasteiger partial charge in [-0.3, -0.25) is 4.90 Å². The van der Waals surface area contributed by atoms with E-state index in [4.69, 9.17) is 0 Å². The van der Waals surface area contributed by atoms with Gasteiger partial charge in [-0.25, -0.2) is 0 Å². The molecule has 0 atom stereocenters. The number of hydrogen-bond donors (Lipinski definition) is 0. The van der Waals surface area contributed by atoms with E-state index in [1.54, 1.807) is 0 Å². The summed E-state index contributed by atoms with van der Waals surface area (Å²) in [6.45, 7) is 8.91. The lowest BCUT2D eigenvalue weighted by Crippen LogP contribution is -2.46. The second-order valence-electron chi connectivity index (χ2n) is 5.47. The van der Waals surface area contributed by atoms with Crippen LogP contribution in [-0.4, -0.2) is 54.7 Å². The van der Waals surface area contributed by atoms with Crippen molar-refractivity contribution in [3.05, 3.63) is 0 Å². The van der Waals surface area contributed by atoms with Crippen LogP contribution in [-0.2, 0) is 0 Å². The molecule has 94 valence electrons. The first-order valence-corrected chi connectivity index (χ1v) is 8.11. The summed E-state index contributed by atoms with van der Waals surface area (Å²) in [5, 5.41) is 0. The Kier molecular flexibility index (Phi) is 4.57. The molecule has 0 N–H and O–H groups in total. The van der Waals surface area contributed by atoms with Gasteiger partial charge in [0.25, 0.3) is 0 Å². The molecule has 0 aromatic carbocycles. The van der Waals surface area contributed by atoms with Crippen LogP contribution in [0.15, 0.2) is 0 Å². The van der Waals surface area contributed by atoms with Crippen LogP contribution < -0.4 is 0 Å². The number of rotatable bonds is 3. The zero-order valence-corrected chi connectivity index (χ0v) is 11.7. The molecular weight excluding hydrogens is 216 g/mol. The summed E-state index contributed by atoms with van der Waals surface area (Å²) in [6, 6.07) is 0. The van der Waals surface area contributed by atoms with E-state index < -0.39 is 0 Å². The lowest BCUT2D eigenvalue weighted by molar-refractivity contribution is 0.0429. The van der Waals surface area contributed by atoms with Crippen LogP contribution in [0.3, 0.4) is 0 Å². The summed E-state index contributed by atoms with van der Waals surface area (Å²) >= 11 is 1.96. The second kappa shape index (κ2) is 5.74. The molecule has 0 aromatic heterocycles. The van der Waals surface area contributed by atoms with Crippen molar-refractivity contribution in [3.63, 3.8) is 0 Å². The van der Waals surface area contributed by atoms with E-state index in [1.807, 2.05) is 11.8 Å². The summed E-state index contributed by atoms with van der Waals surface area (Å²) < 4.78 is 0. The molecule has 2 heterocycles. The predicted octanol–water partition coefficient (Wildman–Crippen LogP) is 2.50. The molecule has 0 aromatic rings. The van der Waals surface area contributed by atoms with Crippen LogP contribution in [0.1, 0.15) is 32.6 Å². The molecule has 0 amide bonds. The van der Waals surface area contributed by atoms with Crippen molar-refractivity contribution < 1.29 is 0 Å². The van der Waals surface area contributed by atoms with Crippen molar-refractivity contribution in [2.75, 3.05) is 44.9 Å². The van der Waals surface area contributed by atoms with Gasteiger partial charge in [0, 0.05) is 5.88 Å². The van der Waals surface area contributed by atoms with Gasteiger partial charge in [-0.1, -0.05) is 6.92 Å². The first-order valence-electron chi connectivity index (χ1n) is 6.72. The van der Waals surface area contributed by atoms with Gasteiger partial charge >= 0.3 is 0 Å². The molecule has 0 saturated carbocycles. The molecule has 2 saturated heterocycles. The minimum absolute atomic E-state index is 0.723. The summed E-state index contributed by atoms with van der Waals surface area (Å²) in [7, 11) is 0. The fraction of sp³-hybridized carbons (Fsp3) is 1.00. The molecule has 1 spiro atoms. The number of nitrogens with zero attached hydrogens (tertiary/aromatic N) is 2. The first kappa shape index (κ1) is 12.7. The molecule has 0 bridgehead atoms. The van der Waals surface area contributed by atoms with E-state index in [1.165, 1.54) is 64.3 Å². The van der Waals surface area contributed by atoms with E-state index in [-0.39, 0.29) is 0 Å². The van der Waals surface area contributed by atoms with Crippen molar-refractivity contribution in [1.82, 2.24) is 9.80 Å². The molecule has 0 unspecified atom stereocenters. The fourth-order valence-electron chi connectivity index (χ4n) is 3.18. The van der Waals surface area contributed by atoms with Crippen LogP contribution in [0.4, 0.5) is 0 Å². The Morgan fingerprint density at radius 2 is 1.44 bits per heavy atom. The maximum Gasteiger partial charge on any atom is 0.0441 e. The largest absolute Gasteiger partial charge is 0.304 e. The Hall–Kier alpha value is 0.270. The highest BCUT2D eigenvalue weighted by atomic mass is 32.2. The standard InChI is InChI=1S/C13H26N2S/c1-3-14-8-4-13(5-9-14)6-10-15(11-7-13)12-16-2/h3-12H2,1-2H3. The van der Waals surface area contributed by atoms with E-state index in [2.05, 4.69) is 23.0 Å². The molecule has 2 aliphatic rings. The topological polar surface area (TPSA) is 6.48 Å². The normalized spacial score (nSPS) is 27.4. The van der Waals surface area contributed by atoms with Crippen molar-refractivity contribution in [1.29, 1.82) is 0 Å². The van der Waals surface area contributed by atoms with Crippen LogP contribution in [0.2, 0.25) is 0 Å². The Bertz CT molecular complexity index is 202. The van der Waals surface area contributed by atoms with Crippen molar-refractivity contribution >= 4 is 11.8 Å². The summed E-state index contributed by atoms with van der Waals surface area (Å²) in [5.74, 6) is 1.23. The minimum Gasteiger partial charge on any atom is -0.304 e. The van der Waals surface area contributed by atoms with E-state index in [0.29, 0.717) is 0 Å². The lowest BCUT2D eigenvalue weighted by Gasteiger charge is -2.46. The Labute approximate surface area is 105 Å². The van der Waals surface area contributed by atoms with Crippen molar-refractivity contribution in [2.24, 2.45) is 5.41 Å². The van der Waals surface area contributed by atoms with E-state index >= 15 is 0 Å². The van der Waals surface area contributed by atoms with Crippen LogP contribution >= 0.6 is 11.8 Å². The Balaban J connectivity index is 1.79. The van der Waals surface area contributed by atoms with Crippen molar-refractivity contribution in [3.8, 4) is 0 Å². The third-order valence-corrected chi connectivity index (χ3v) is 5.22. The van der Waals surface area contributed by atoms with Gasteiger partial charge in [-0.15, -0.1) is 11.8 Å². The summed E-state index contributed by atoms with van der Waals surface area (Å²) in [6.07, 6.45) is 8.02. The lowest BCUT2D eigenvalue weighted by atomic mass is 9.71. The second-order valence-corrected chi connectivity index (χ2v) is 6.31. The predicted molar refractivity (Wildman–Crippen MR) is 73.0 cm³/mol. The minimum atomic E-state index is 0.723. The average Bonchev–Trinajstić information content (AvgIpc) is 2.34. The summed E-state index contributed by atoms with van der Waals surface area (Å²) in [5.41, 5.74) is 0.723. The monoisotopic (exact) mass is 242 g/mol. The van der Waals surface area contributed by atoms with Crippen LogP contribution in [0.5, 0.6) is 0 Å². The van der Waals surface area contributed by atoms with Gasteiger partial charge in [-0.05, 0) is 70.1 Å². The summed E-state index contributed by atoms with van der Waals surface area (Å²) in [4.78, 5) is 5.24. The van der Waals surface area contributed by atoms with Crippen LogP contribution in [0.25, 0.3) is 0 Å². The molecule has 0 radical (unpaired) electrons. The highest BCUT2D eigenvalue weighted by Gasteiger charge is 2.36. The molecule has 3 heteroatoms. The Morgan fingerprint density at radius 3 is 1.88 bits per heavy atom. The van der Waals surface area contributed by atoms with Gasteiger partial charge in [-0.2, -0.15) is 0 Å². The zero-order valence-electron chi connectivity index (χ0n) is 10.9. The molecule has 2 nitrogen and oxygen atoms in total. The fourth-order valence-corrected chi connectivity index (χ4v) is 3.81. The molecule has 2 rings (SSSR count). The molecule has 16 heavy (non-hydrogen) atoms. The number of piperidine rings is 2. The molecular formula is C13H26N2S. The number of thioether (sulfide) groups is 1. The third kappa shape index (κ3) is 2.93. The van der Waals surface area contributed by atoms with Crippen LogP contribution in [0, 0.1) is 5.41 Å². The van der Waals surface area contributed by atoms with Gasteiger partial charge < -0.3 is 4.90 Å². The van der Waals surface area contributed by atoms with E-state index in [9.17, 15) is 0 Å². The molecule has 2 aliphatic heterocycles. The van der Waals surface area contributed by atoms with Crippen molar-refractivity contribution in [2.45, 2.75) is 32.6 Å². The van der Waals surface area contributed by atoms with E-state index in [0.717, 1.165) is 5.41 Å². The maximum atomic E-state index is 2.63. The maximum absolute atomic E-state index is 2.63. The highest BCUT2D eigenvalue weighted by Crippen LogP contribution is 2.41. The average molecular weight is 242 g/mol. The quantitative estimate of drug-likeness (QED) is 0.751. The van der Waals surface area contributed by atoms with Gasteiger partial charge in [0.05, 0.1) is 0 Å². The smallest absolute Gasteiger partial charge is 0.0441 e. The number of likely N-dealkylation sites (tertiary alicyclic amines) is 2. The number of hydrogen-bond acceptors (Lipinski definition) is 3. The van der Waals surface area contributed by atoms with Gasteiger partial charge in [0.2, 0.25) is 0 Å². The van der Waals surface area contributed by atoms with Gasteiger partial charge in [0.15, 0.2) is 0 Å². The molecule has 2 fully saturated rings. The zero-order chi connectivity index (χ0) is 11.4. The Morgan fingerprint density at radius 1 is 0.938 bits per heavy atom. The highest BCUT2D eigenvalue weighted by molar-refractivity contribution is 7.98. The SMILES string of the molecule is CCN1CCC2(CC1)CCN(CSC)CC2. The third-order valence-electron chi connectivity index (χ3n) is 4.59. The molecule has 0 aliphatic carbocycles.